The number of rotatable bonds is 3. The molecule has 1 N–H and O–H groups in total. The van der Waals surface area contributed by atoms with Gasteiger partial charge >= 0.3 is 0 Å². The van der Waals surface area contributed by atoms with Crippen LogP contribution in [0.3, 0.4) is 0 Å². The second-order valence-corrected chi connectivity index (χ2v) is 4.79. The quantitative estimate of drug-likeness (QED) is 0.886. The SMILES string of the molecule is COc1cccc2nnc(CC3CCCNC3)n12. The number of aromatic nitrogens is 3. The molecule has 0 spiro atoms. The molecule has 0 saturated carbocycles. The monoisotopic (exact) mass is 246 g/mol. The molecule has 1 atom stereocenters. The molecule has 18 heavy (non-hydrogen) atoms. The van der Waals surface area contributed by atoms with E-state index in [1.165, 1.54) is 12.8 Å². The Kier molecular flexibility index (Phi) is 3.15. The highest BCUT2D eigenvalue weighted by Gasteiger charge is 2.18. The predicted molar refractivity (Wildman–Crippen MR) is 68.8 cm³/mol. The molecule has 96 valence electrons. The lowest BCUT2D eigenvalue weighted by molar-refractivity contribution is 0.362. The number of hydrogen-bond acceptors (Lipinski definition) is 4. The van der Waals surface area contributed by atoms with Crippen LogP contribution in [0.4, 0.5) is 0 Å². The Balaban J connectivity index is 1.91. The fourth-order valence-electron chi connectivity index (χ4n) is 2.62. The van der Waals surface area contributed by atoms with Gasteiger partial charge in [0.2, 0.25) is 5.88 Å². The molecule has 2 aromatic rings. The summed E-state index contributed by atoms with van der Waals surface area (Å²) >= 11 is 0. The standard InChI is InChI=1S/C13H18N4O/c1-18-13-6-2-5-11-15-16-12(17(11)13)8-10-4-3-7-14-9-10/h2,5-6,10,14H,3-4,7-9H2,1H3. The fraction of sp³-hybridized carbons (Fsp3) is 0.538. The Hall–Kier alpha value is -1.62. The number of pyridine rings is 1. The van der Waals surface area contributed by atoms with Crippen LogP contribution in [0, 0.1) is 5.92 Å². The van der Waals surface area contributed by atoms with Crippen LogP contribution in [0.15, 0.2) is 18.2 Å². The molecule has 3 heterocycles. The lowest BCUT2D eigenvalue weighted by atomic mass is 9.96. The second-order valence-electron chi connectivity index (χ2n) is 4.79. The van der Waals surface area contributed by atoms with Crippen LogP contribution < -0.4 is 10.1 Å². The fourth-order valence-corrected chi connectivity index (χ4v) is 2.62. The van der Waals surface area contributed by atoms with Gasteiger partial charge in [0, 0.05) is 6.42 Å². The Morgan fingerprint density at radius 1 is 1.44 bits per heavy atom. The molecule has 1 aliphatic heterocycles. The minimum absolute atomic E-state index is 0.649. The van der Waals surface area contributed by atoms with E-state index < -0.39 is 0 Å². The smallest absolute Gasteiger partial charge is 0.200 e. The number of nitrogens with zero attached hydrogens (tertiary/aromatic N) is 3. The zero-order valence-corrected chi connectivity index (χ0v) is 10.6. The average Bonchev–Trinajstić information content (AvgIpc) is 2.83. The van der Waals surface area contributed by atoms with Gasteiger partial charge in [0.25, 0.3) is 0 Å². The summed E-state index contributed by atoms with van der Waals surface area (Å²) in [6.45, 7) is 2.21. The number of ether oxygens (including phenoxy) is 1. The molecule has 0 aromatic carbocycles. The zero-order valence-electron chi connectivity index (χ0n) is 10.6. The van der Waals surface area contributed by atoms with Gasteiger partial charge in [-0.15, -0.1) is 10.2 Å². The molecular weight excluding hydrogens is 228 g/mol. The third-order valence-electron chi connectivity index (χ3n) is 3.54. The number of methoxy groups -OCH3 is 1. The molecule has 1 fully saturated rings. The van der Waals surface area contributed by atoms with E-state index in [-0.39, 0.29) is 0 Å². The summed E-state index contributed by atoms with van der Waals surface area (Å²) in [7, 11) is 1.68. The van der Waals surface area contributed by atoms with Crippen molar-refractivity contribution in [1.82, 2.24) is 19.9 Å². The molecule has 0 aliphatic carbocycles. The van der Waals surface area contributed by atoms with Crippen molar-refractivity contribution in [3.8, 4) is 5.88 Å². The van der Waals surface area contributed by atoms with E-state index in [9.17, 15) is 0 Å². The molecule has 0 radical (unpaired) electrons. The first-order valence-electron chi connectivity index (χ1n) is 6.46. The van der Waals surface area contributed by atoms with Crippen molar-refractivity contribution >= 4 is 5.65 Å². The van der Waals surface area contributed by atoms with E-state index in [2.05, 4.69) is 15.5 Å². The Morgan fingerprint density at radius 2 is 2.39 bits per heavy atom. The largest absolute Gasteiger partial charge is 0.482 e. The average molecular weight is 246 g/mol. The zero-order chi connectivity index (χ0) is 12.4. The van der Waals surface area contributed by atoms with E-state index in [4.69, 9.17) is 4.74 Å². The Morgan fingerprint density at radius 3 is 3.17 bits per heavy atom. The molecule has 5 nitrogen and oxygen atoms in total. The maximum Gasteiger partial charge on any atom is 0.200 e. The molecular formula is C13H18N4O. The first-order valence-corrected chi connectivity index (χ1v) is 6.46. The first kappa shape index (κ1) is 11.5. The Bertz CT molecular complexity index is 531. The van der Waals surface area contributed by atoms with Crippen LogP contribution in [0.2, 0.25) is 0 Å². The normalized spacial score (nSPS) is 20.2. The van der Waals surface area contributed by atoms with E-state index in [0.717, 1.165) is 36.9 Å². The van der Waals surface area contributed by atoms with Crippen LogP contribution in [0.1, 0.15) is 18.7 Å². The topological polar surface area (TPSA) is 51.5 Å². The van der Waals surface area contributed by atoms with Crippen LogP contribution >= 0.6 is 0 Å². The third kappa shape index (κ3) is 2.06. The summed E-state index contributed by atoms with van der Waals surface area (Å²) in [5.74, 6) is 2.45. The molecule has 0 amide bonds. The van der Waals surface area contributed by atoms with Gasteiger partial charge in [-0.1, -0.05) is 6.07 Å². The van der Waals surface area contributed by atoms with Crippen molar-refractivity contribution in [2.45, 2.75) is 19.3 Å². The van der Waals surface area contributed by atoms with Crippen molar-refractivity contribution in [2.24, 2.45) is 5.92 Å². The van der Waals surface area contributed by atoms with Crippen molar-refractivity contribution in [1.29, 1.82) is 0 Å². The molecule has 1 aliphatic rings. The van der Waals surface area contributed by atoms with Gasteiger partial charge in [-0.25, -0.2) is 4.40 Å². The van der Waals surface area contributed by atoms with Crippen LogP contribution in [0.5, 0.6) is 5.88 Å². The minimum Gasteiger partial charge on any atom is -0.482 e. The maximum atomic E-state index is 5.38. The third-order valence-corrected chi connectivity index (χ3v) is 3.54. The molecule has 0 bridgehead atoms. The van der Waals surface area contributed by atoms with Gasteiger partial charge < -0.3 is 10.1 Å². The molecule has 3 rings (SSSR count). The van der Waals surface area contributed by atoms with Crippen molar-refractivity contribution in [3.05, 3.63) is 24.0 Å². The summed E-state index contributed by atoms with van der Waals surface area (Å²) in [6.07, 6.45) is 3.46. The van der Waals surface area contributed by atoms with E-state index in [0.29, 0.717) is 5.92 Å². The number of nitrogens with one attached hydrogen (secondary N) is 1. The summed E-state index contributed by atoms with van der Waals surface area (Å²) in [4.78, 5) is 0. The number of piperidine rings is 1. The van der Waals surface area contributed by atoms with E-state index in [1.807, 2.05) is 22.6 Å². The van der Waals surface area contributed by atoms with Crippen molar-refractivity contribution in [3.63, 3.8) is 0 Å². The molecule has 2 aromatic heterocycles. The van der Waals surface area contributed by atoms with Gasteiger partial charge in [-0.2, -0.15) is 0 Å². The summed E-state index contributed by atoms with van der Waals surface area (Å²) in [6, 6.07) is 5.84. The van der Waals surface area contributed by atoms with Gasteiger partial charge in [0.15, 0.2) is 5.65 Å². The van der Waals surface area contributed by atoms with Crippen LogP contribution in [-0.4, -0.2) is 34.8 Å². The molecule has 1 saturated heterocycles. The number of fused-ring (bicyclic) bond motifs is 1. The lowest BCUT2D eigenvalue weighted by Gasteiger charge is -2.21. The maximum absolute atomic E-state index is 5.38. The van der Waals surface area contributed by atoms with Gasteiger partial charge in [0.1, 0.15) is 5.82 Å². The highest BCUT2D eigenvalue weighted by atomic mass is 16.5. The lowest BCUT2D eigenvalue weighted by Crippen LogP contribution is -2.31. The highest BCUT2D eigenvalue weighted by molar-refractivity contribution is 5.42. The highest BCUT2D eigenvalue weighted by Crippen LogP contribution is 2.20. The second kappa shape index (κ2) is 4.94. The molecule has 5 heteroatoms. The Labute approximate surface area is 106 Å². The summed E-state index contributed by atoms with van der Waals surface area (Å²) in [5, 5.41) is 11.9. The van der Waals surface area contributed by atoms with Crippen LogP contribution in [-0.2, 0) is 6.42 Å². The van der Waals surface area contributed by atoms with Crippen molar-refractivity contribution in [2.75, 3.05) is 20.2 Å². The minimum atomic E-state index is 0.649. The summed E-state index contributed by atoms with van der Waals surface area (Å²) < 4.78 is 7.39. The predicted octanol–water partition coefficient (Wildman–Crippen LogP) is 1.28. The molecule has 1 unspecified atom stereocenters. The van der Waals surface area contributed by atoms with Gasteiger partial charge in [-0.05, 0) is 44.0 Å². The van der Waals surface area contributed by atoms with Crippen molar-refractivity contribution < 1.29 is 4.74 Å². The summed E-state index contributed by atoms with van der Waals surface area (Å²) in [5.41, 5.74) is 0.855. The van der Waals surface area contributed by atoms with E-state index in [1.54, 1.807) is 7.11 Å². The first-order chi connectivity index (χ1) is 8.88. The van der Waals surface area contributed by atoms with Gasteiger partial charge in [-0.3, -0.25) is 0 Å². The van der Waals surface area contributed by atoms with Crippen LogP contribution in [0.25, 0.3) is 5.65 Å². The van der Waals surface area contributed by atoms with E-state index >= 15 is 0 Å². The number of hydrogen-bond donors (Lipinski definition) is 1. The van der Waals surface area contributed by atoms with Gasteiger partial charge in [0.05, 0.1) is 7.11 Å².